The lowest BCUT2D eigenvalue weighted by Gasteiger charge is -2.08. The fourth-order valence-electron chi connectivity index (χ4n) is 1.04. The van der Waals surface area contributed by atoms with Crippen LogP contribution in [0.1, 0.15) is 18.1 Å². The van der Waals surface area contributed by atoms with Crippen LogP contribution in [0.3, 0.4) is 0 Å². The lowest BCUT2D eigenvalue weighted by Crippen LogP contribution is -2.09. The third-order valence-electron chi connectivity index (χ3n) is 1.75. The van der Waals surface area contributed by atoms with Gasteiger partial charge in [0, 0.05) is 17.7 Å². The van der Waals surface area contributed by atoms with Crippen LogP contribution in [0.15, 0.2) is 12.3 Å². The molecule has 0 N–H and O–H groups in total. The van der Waals surface area contributed by atoms with Crippen molar-refractivity contribution in [1.82, 2.24) is 4.98 Å². The fourth-order valence-corrected chi connectivity index (χ4v) is 1.20. The number of hydrogen-bond donors (Lipinski definition) is 0. The molecule has 1 aromatic heterocycles. The minimum absolute atomic E-state index is 0.0940. The Kier molecular flexibility index (Phi) is 4.56. The van der Waals surface area contributed by atoms with E-state index < -0.39 is 23.3 Å². The molecule has 0 aliphatic carbocycles. The molecule has 1 aromatic rings. The first-order valence-electron chi connectivity index (χ1n) is 4.76. The zero-order chi connectivity index (χ0) is 13.8. The van der Waals surface area contributed by atoms with E-state index in [2.05, 4.69) is 15.6 Å². The number of pyridine rings is 1. The first-order chi connectivity index (χ1) is 8.34. The lowest BCUT2D eigenvalue weighted by atomic mass is 10.1. The van der Waals surface area contributed by atoms with Crippen molar-refractivity contribution in [2.45, 2.75) is 13.1 Å². The zero-order valence-electron chi connectivity index (χ0n) is 9.14. The van der Waals surface area contributed by atoms with Gasteiger partial charge < -0.3 is 4.74 Å². The van der Waals surface area contributed by atoms with Crippen LogP contribution >= 0.6 is 11.6 Å². The summed E-state index contributed by atoms with van der Waals surface area (Å²) in [5.74, 6) is 3.11. The van der Waals surface area contributed by atoms with Crippen molar-refractivity contribution >= 4 is 17.6 Å². The highest BCUT2D eigenvalue weighted by Gasteiger charge is 2.33. The van der Waals surface area contributed by atoms with Crippen LogP contribution in [0.25, 0.3) is 0 Å². The zero-order valence-corrected chi connectivity index (χ0v) is 9.89. The van der Waals surface area contributed by atoms with Gasteiger partial charge in [0.1, 0.15) is 5.15 Å². The topological polar surface area (TPSA) is 39.2 Å². The number of halogens is 4. The Bertz CT molecular complexity index is 517. The highest BCUT2D eigenvalue weighted by molar-refractivity contribution is 6.29. The molecule has 0 aliphatic heterocycles. The molecule has 0 atom stereocenters. The van der Waals surface area contributed by atoms with Crippen LogP contribution in [0.4, 0.5) is 13.2 Å². The van der Waals surface area contributed by atoms with Crippen molar-refractivity contribution < 1.29 is 22.7 Å². The predicted octanol–water partition coefficient (Wildman–Crippen LogP) is 2.67. The number of hydrogen-bond acceptors (Lipinski definition) is 3. The summed E-state index contributed by atoms with van der Waals surface area (Å²) in [4.78, 5) is 14.3. The van der Waals surface area contributed by atoms with Crippen molar-refractivity contribution in [2.75, 3.05) is 6.61 Å². The first kappa shape index (κ1) is 14.3. The Balaban J connectivity index is 3.15. The van der Waals surface area contributed by atoms with Crippen LogP contribution in [0.5, 0.6) is 0 Å². The highest BCUT2D eigenvalue weighted by Crippen LogP contribution is 2.31. The van der Waals surface area contributed by atoms with Crippen molar-refractivity contribution in [1.29, 1.82) is 0 Å². The van der Waals surface area contributed by atoms with Gasteiger partial charge >= 0.3 is 12.1 Å². The number of carbonyl (C=O) groups excluding carboxylic acids is 1. The van der Waals surface area contributed by atoms with E-state index in [0.29, 0.717) is 6.20 Å². The van der Waals surface area contributed by atoms with Crippen LogP contribution in [0, 0.1) is 11.8 Å². The third kappa shape index (κ3) is 3.93. The smallest absolute Gasteiger partial charge is 0.419 e. The van der Waals surface area contributed by atoms with E-state index in [1.165, 1.54) is 0 Å². The van der Waals surface area contributed by atoms with Crippen molar-refractivity contribution in [3.63, 3.8) is 0 Å². The van der Waals surface area contributed by atoms with Gasteiger partial charge in [-0.2, -0.15) is 13.2 Å². The van der Waals surface area contributed by atoms with Crippen LogP contribution in [-0.4, -0.2) is 17.6 Å². The van der Waals surface area contributed by atoms with E-state index in [-0.39, 0.29) is 11.8 Å². The summed E-state index contributed by atoms with van der Waals surface area (Å²) < 4.78 is 42.2. The summed E-state index contributed by atoms with van der Waals surface area (Å²) in [5, 5.41) is -0.142. The van der Waals surface area contributed by atoms with E-state index in [0.717, 1.165) is 6.07 Å². The molecule has 0 saturated heterocycles. The number of carbonyl (C=O) groups is 1. The SMILES string of the molecule is CCOC(=O)C#Cc1cc(Cl)ncc1C(F)(F)F. The highest BCUT2D eigenvalue weighted by atomic mass is 35.5. The van der Waals surface area contributed by atoms with Gasteiger partial charge in [-0.1, -0.05) is 17.5 Å². The molecule has 18 heavy (non-hydrogen) atoms. The fraction of sp³-hybridized carbons (Fsp3) is 0.273. The van der Waals surface area contributed by atoms with Gasteiger partial charge in [-0.15, -0.1) is 0 Å². The summed E-state index contributed by atoms with van der Waals surface area (Å²) in [7, 11) is 0. The molecule has 0 fully saturated rings. The van der Waals surface area contributed by atoms with Crippen LogP contribution in [-0.2, 0) is 15.7 Å². The molecule has 0 radical (unpaired) electrons. The molecule has 0 spiro atoms. The molecule has 0 saturated carbocycles. The molecule has 3 nitrogen and oxygen atoms in total. The standard InChI is InChI=1S/C11H7ClF3NO2/c1-2-18-10(17)4-3-7-5-9(12)16-6-8(7)11(13,14)15/h5-6H,2H2,1H3. The molecule has 96 valence electrons. The largest absolute Gasteiger partial charge is 0.456 e. The maximum atomic E-state index is 12.6. The maximum absolute atomic E-state index is 12.6. The van der Waals surface area contributed by atoms with Crippen LogP contribution in [0.2, 0.25) is 5.15 Å². The summed E-state index contributed by atoms with van der Waals surface area (Å²) in [5.41, 5.74) is -1.47. The second-order valence-corrected chi connectivity index (χ2v) is 3.41. The Morgan fingerprint density at radius 3 is 2.78 bits per heavy atom. The van der Waals surface area contributed by atoms with E-state index in [9.17, 15) is 18.0 Å². The predicted molar refractivity (Wildman–Crippen MR) is 57.8 cm³/mol. The maximum Gasteiger partial charge on any atom is 0.419 e. The van der Waals surface area contributed by atoms with Crippen molar-refractivity contribution in [2.24, 2.45) is 0 Å². The average molecular weight is 278 g/mol. The number of esters is 1. The summed E-state index contributed by atoms with van der Waals surface area (Å²) >= 11 is 5.48. The molecule has 0 amide bonds. The van der Waals surface area contributed by atoms with Gasteiger partial charge in [0.15, 0.2) is 0 Å². The van der Waals surface area contributed by atoms with Crippen molar-refractivity contribution in [3.8, 4) is 11.8 Å². The van der Waals surface area contributed by atoms with Gasteiger partial charge in [-0.05, 0) is 13.0 Å². The lowest BCUT2D eigenvalue weighted by molar-refractivity contribution is -0.138. The third-order valence-corrected chi connectivity index (χ3v) is 1.96. The van der Waals surface area contributed by atoms with E-state index in [4.69, 9.17) is 11.6 Å². The monoisotopic (exact) mass is 277 g/mol. The number of rotatable bonds is 1. The molecule has 1 rings (SSSR count). The molecule has 7 heteroatoms. The Hall–Kier alpha value is -1.74. The molecular weight excluding hydrogens is 271 g/mol. The minimum atomic E-state index is -4.61. The molecule has 1 heterocycles. The van der Waals surface area contributed by atoms with Gasteiger partial charge in [-0.3, -0.25) is 0 Å². The Morgan fingerprint density at radius 2 is 2.22 bits per heavy atom. The van der Waals surface area contributed by atoms with E-state index in [1.807, 2.05) is 5.92 Å². The number of nitrogens with zero attached hydrogens (tertiary/aromatic N) is 1. The summed E-state index contributed by atoms with van der Waals surface area (Å²) in [6.45, 7) is 1.65. The molecule has 0 aliphatic rings. The van der Waals surface area contributed by atoms with E-state index >= 15 is 0 Å². The number of aromatic nitrogens is 1. The number of ether oxygens (including phenoxy) is 1. The molecular formula is C11H7ClF3NO2. The molecule has 0 unspecified atom stereocenters. The summed E-state index contributed by atoms with van der Waals surface area (Å²) in [6, 6.07) is 0.941. The Morgan fingerprint density at radius 1 is 1.56 bits per heavy atom. The second kappa shape index (κ2) is 5.74. The van der Waals surface area contributed by atoms with Crippen LogP contribution < -0.4 is 0 Å². The normalized spacial score (nSPS) is 10.5. The minimum Gasteiger partial charge on any atom is -0.456 e. The first-order valence-corrected chi connectivity index (χ1v) is 5.14. The van der Waals surface area contributed by atoms with Gasteiger partial charge in [0.05, 0.1) is 12.2 Å². The summed E-state index contributed by atoms with van der Waals surface area (Å²) in [6.07, 6.45) is -4.05. The average Bonchev–Trinajstić information content (AvgIpc) is 2.25. The quantitative estimate of drug-likeness (QED) is 0.450. The van der Waals surface area contributed by atoms with Gasteiger partial charge in [-0.25, -0.2) is 9.78 Å². The second-order valence-electron chi connectivity index (χ2n) is 3.02. The van der Waals surface area contributed by atoms with E-state index in [1.54, 1.807) is 6.92 Å². The van der Waals surface area contributed by atoms with Gasteiger partial charge in [0.25, 0.3) is 0 Å². The van der Waals surface area contributed by atoms with Gasteiger partial charge in [0.2, 0.25) is 0 Å². The molecule has 0 bridgehead atoms. The molecule has 0 aromatic carbocycles. The number of alkyl halides is 3. The van der Waals surface area contributed by atoms with Crippen molar-refractivity contribution in [3.05, 3.63) is 28.5 Å². The Labute approximate surface area is 106 Å².